The normalized spacial score (nSPS) is 13.1. The topological polar surface area (TPSA) is 46.6 Å². The van der Waals surface area contributed by atoms with Gasteiger partial charge in [-0.05, 0) is 13.3 Å². The van der Waals surface area contributed by atoms with Crippen molar-refractivity contribution in [3.63, 3.8) is 0 Å². The lowest BCUT2D eigenvalue weighted by molar-refractivity contribution is 0.689. The summed E-state index contributed by atoms with van der Waals surface area (Å²) in [5.41, 5.74) is 7.22. The average Bonchev–Trinajstić information content (AvgIpc) is 2.91. The standard InChI is InChI=1S/C14H24N4S/c1-4-5-6-7-17(3)13-12(10-11(2)15)18-8-9-19-14(18)16-13/h8-9,11H,4-7,10,15H2,1-3H3. The second kappa shape index (κ2) is 6.39. The number of anilines is 1. The molecule has 0 aliphatic carbocycles. The van der Waals surface area contributed by atoms with Crippen LogP contribution in [0.2, 0.25) is 0 Å². The first-order valence-electron chi connectivity index (χ1n) is 7.04. The second-order valence-electron chi connectivity index (χ2n) is 5.25. The van der Waals surface area contributed by atoms with E-state index in [1.165, 1.54) is 25.0 Å². The Morgan fingerprint density at radius 2 is 2.26 bits per heavy atom. The molecule has 2 N–H and O–H groups in total. The number of hydrogen-bond acceptors (Lipinski definition) is 4. The Balaban J connectivity index is 2.22. The fourth-order valence-corrected chi connectivity index (χ4v) is 3.05. The van der Waals surface area contributed by atoms with E-state index in [0.717, 1.165) is 23.7 Å². The smallest absolute Gasteiger partial charge is 0.195 e. The van der Waals surface area contributed by atoms with Crippen LogP contribution in [0.4, 0.5) is 5.82 Å². The van der Waals surface area contributed by atoms with Crippen LogP contribution in [-0.2, 0) is 6.42 Å². The fraction of sp³-hybridized carbons (Fsp3) is 0.643. The zero-order chi connectivity index (χ0) is 13.8. The first-order chi connectivity index (χ1) is 9.13. The van der Waals surface area contributed by atoms with E-state index in [1.807, 2.05) is 6.92 Å². The molecular weight excluding hydrogens is 256 g/mol. The number of unbranched alkanes of at least 4 members (excludes halogenated alkanes) is 2. The molecular formula is C14H24N4S. The molecule has 2 rings (SSSR count). The summed E-state index contributed by atoms with van der Waals surface area (Å²) in [5, 5.41) is 2.08. The van der Waals surface area contributed by atoms with Gasteiger partial charge in [-0.1, -0.05) is 19.8 Å². The quantitative estimate of drug-likeness (QED) is 0.793. The molecule has 0 aliphatic rings. The Bertz CT molecular complexity index is 514. The van der Waals surface area contributed by atoms with E-state index in [2.05, 4.69) is 34.8 Å². The van der Waals surface area contributed by atoms with E-state index in [-0.39, 0.29) is 6.04 Å². The summed E-state index contributed by atoms with van der Waals surface area (Å²) in [6.07, 6.45) is 6.70. The lowest BCUT2D eigenvalue weighted by atomic mass is 10.2. The molecule has 0 bridgehead atoms. The highest BCUT2D eigenvalue weighted by Gasteiger charge is 2.17. The van der Waals surface area contributed by atoms with Gasteiger partial charge < -0.3 is 10.6 Å². The van der Waals surface area contributed by atoms with Crippen LogP contribution in [0.15, 0.2) is 11.6 Å². The van der Waals surface area contributed by atoms with Crippen LogP contribution in [0, 0.1) is 0 Å². The zero-order valence-electron chi connectivity index (χ0n) is 12.1. The average molecular weight is 280 g/mol. The maximum absolute atomic E-state index is 5.98. The molecule has 4 nitrogen and oxygen atoms in total. The van der Waals surface area contributed by atoms with Crippen molar-refractivity contribution in [2.45, 2.75) is 45.6 Å². The van der Waals surface area contributed by atoms with E-state index >= 15 is 0 Å². The van der Waals surface area contributed by atoms with E-state index in [1.54, 1.807) is 11.3 Å². The van der Waals surface area contributed by atoms with Crippen LogP contribution >= 0.6 is 11.3 Å². The summed E-state index contributed by atoms with van der Waals surface area (Å²) in [6, 6.07) is 0.155. The fourth-order valence-electron chi connectivity index (χ4n) is 2.33. The van der Waals surface area contributed by atoms with E-state index in [0.29, 0.717) is 0 Å². The predicted octanol–water partition coefficient (Wildman–Crippen LogP) is 2.91. The third kappa shape index (κ3) is 3.28. The minimum Gasteiger partial charge on any atom is -0.358 e. The van der Waals surface area contributed by atoms with Crippen LogP contribution in [0.3, 0.4) is 0 Å². The third-order valence-corrected chi connectivity index (χ3v) is 4.07. The molecule has 0 radical (unpaired) electrons. The molecule has 2 aromatic heterocycles. The van der Waals surface area contributed by atoms with Crippen LogP contribution in [-0.4, -0.2) is 29.0 Å². The van der Waals surface area contributed by atoms with Crippen molar-refractivity contribution in [2.75, 3.05) is 18.5 Å². The van der Waals surface area contributed by atoms with Gasteiger partial charge in [-0.15, -0.1) is 11.3 Å². The number of thiazole rings is 1. The number of fused-ring (bicyclic) bond motifs is 1. The lowest BCUT2D eigenvalue weighted by Crippen LogP contribution is -2.24. The highest BCUT2D eigenvalue weighted by atomic mass is 32.1. The van der Waals surface area contributed by atoms with Gasteiger partial charge in [0.2, 0.25) is 0 Å². The summed E-state index contributed by atoms with van der Waals surface area (Å²) in [7, 11) is 2.13. The molecule has 0 spiro atoms. The molecule has 106 valence electrons. The maximum Gasteiger partial charge on any atom is 0.195 e. The van der Waals surface area contributed by atoms with Crippen molar-refractivity contribution in [2.24, 2.45) is 5.73 Å². The predicted molar refractivity (Wildman–Crippen MR) is 83.2 cm³/mol. The highest BCUT2D eigenvalue weighted by Crippen LogP contribution is 2.25. The molecule has 1 atom stereocenters. The lowest BCUT2D eigenvalue weighted by Gasteiger charge is -2.19. The number of aromatic nitrogens is 2. The molecule has 0 saturated carbocycles. The number of imidazole rings is 1. The zero-order valence-corrected chi connectivity index (χ0v) is 12.9. The Morgan fingerprint density at radius 3 is 2.95 bits per heavy atom. The Labute approximate surface area is 119 Å². The molecule has 2 aromatic rings. The number of rotatable bonds is 7. The number of nitrogens with two attached hydrogens (primary N) is 1. The van der Waals surface area contributed by atoms with Crippen molar-refractivity contribution in [3.8, 4) is 0 Å². The van der Waals surface area contributed by atoms with E-state index in [9.17, 15) is 0 Å². The minimum absolute atomic E-state index is 0.155. The molecule has 1 unspecified atom stereocenters. The largest absolute Gasteiger partial charge is 0.358 e. The summed E-state index contributed by atoms with van der Waals surface area (Å²) >= 11 is 1.68. The van der Waals surface area contributed by atoms with Crippen molar-refractivity contribution < 1.29 is 0 Å². The third-order valence-electron chi connectivity index (χ3n) is 3.31. The molecule has 19 heavy (non-hydrogen) atoms. The van der Waals surface area contributed by atoms with Crippen LogP contribution in [0.5, 0.6) is 0 Å². The van der Waals surface area contributed by atoms with Crippen molar-refractivity contribution in [1.29, 1.82) is 0 Å². The van der Waals surface area contributed by atoms with Gasteiger partial charge in [0.05, 0.1) is 5.69 Å². The van der Waals surface area contributed by atoms with Crippen molar-refractivity contribution in [1.82, 2.24) is 9.38 Å². The Morgan fingerprint density at radius 1 is 1.47 bits per heavy atom. The van der Waals surface area contributed by atoms with Gasteiger partial charge in [0.15, 0.2) is 10.8 Å². The van der Waals surface area contributed by atoms with Crippen LogP contribution in [0.25, 0.3) is 4.96 Å². The summed E-state index contributed by atoms with van der Waals surface area (Å²) in [5.74, 6) is 1.10. The highest BCUT2D eigenvalue weighted by molar-refractivity contribution is 7.15. The number of nitrogens with zero attached hydrogens (tertiary/aromatic N) is 3. The van der Waals surface area contributed by atoms with Crippen LogP contribution < -0.4 is 10.6 Å². The Hall–Kier alpha value is -1.07. The van der Waals surface area contributed by atoms with Gasteiger partial charge in [-0.3, -0.25) is 4.40 Å². The first kappa shape index (κ1) is 14.3. The van der Waals surface area contributed by atoms with Gasteiger partial charge >= 0.3 is 0 Å². The Kier molecular flexibility index (Phi) is 4.82. The van der Waals surface area contributed by atoms with Crippen molar-refractivity contribution >= 4 is 22.1 Å². The SMILES string of the molecule is CCCCCN(C)c1nc2sccn2c1CC(C)N. The molecule has 0 saturated heterocycles. The summed E-state index contributed by atoms with van der Waals surface area (Å²) in [6.45, 7) is 5.34. The second-order valence-corrected chi connectivity index (χ2v) is 6.12. The van der Waals surface area contributed by atoms with Gasteiger partial charge in [0, 0.05) is 37.6 Å². The number of hydrogen-bond donors (Lipinski definition) is 1. The molecule has 0 aromatic carbocycles. The summed E-state index contributed by atoms with van der Waals surface area (Å²) in [4.78, 5) is 8.09. The first-order valence-corrected chi connectivity index (χ1v) is 7.92. The van der Waals surface area contributed by atoms with Gasteiger partial charge in [-0.2, -0.15) is 0 Å². The van der Waals surface area contributed by atoms with E-state index in [4.69, 9.17) is 10.7 Å². The van der Waals surface area contributed by atoms with E-state index < -0.39 is 0 Å². The minimum atomic E-state index is 0.155. The van der Waals surface area contributed by atoms with Crippen LogP contribution in [0.1, 0.15) is 38.8 Å². The van der Waals surface area contributed by atoms with Gasteiger partial charge in [0.25, 0.3) is 0 Å². The monoisotopic (exact) mass is 280 g/mol. The summed E-state index contributed by atoms with van der Waals surface area (Å²) < 4.78 is 2.18. The molecule has 0 amide bonds. The molecule has 5 heteroatoms. The van der Waals surface area contributed by atoms with Gasteiger partial charge in [-0.25, -0.2) is 4.98 Å². The molecule has 2 heterocycles. The maximum atomic E-state index is 5.98. The van der Waals surface area contributed by atoms with Gasteiger partial charge in [0.1, 0.15) is 0 Å². The molecule has 0 aliphatic heterocycles. The van der Waals surface area contributed by atoms with Crippen molar-refractivity contribution in [3.05, 3.63) is 17.3 Å². The molecule has 0 fully saturated rings.